The first-order valence-electron chi connectivity index (χ1n) is 7.39. The minimum Gasteiger partial charge on any atom is -0.497 e. The van der Waals surface area contributed by atoms with Crippen molar-refractivity contribution in [3.63, 3.8) is 0 Å². The number of aryl methyl sites for hydroxylation is 1. The number of carbonyl (C=O) groups excluding carboxylic acids is 1. The van der Waals surface area contributed by atoms with Crippen LogP contribution in [0, 0.1) is 6.92 Å². The molecule has 4 heteroatoms. The molecule has 1 aromatic carbocycles. The van der Waals surface area contributed by atoms with E-state index in [9.17, 15) is 4.79 Å². The van der Waals surface area contributed by atoms with Crippen LogP contribution in [-0.4, -0.2) is 31.0 Å². The smallest absolute Gasteiger partial charge is 0.229 e. The molecule has 114 valence electrons. The Morgan fingerprint density at radius 1 is 1.33 bits per heavy atom. The molecule has 1 atom stereocenters. The summed E-state index contributed by atoms with van der Waals surface area (Å²) >= 11 is 0. The van der Waals surface area contributed by atoms with Gasteiger partial charge in [0.15, 0.2) is 0 Å². The van der Waals surface area contributed by atoms with Crippen molar-refractivity contribution in [2.45, 2.75) is 33.6 Å². The summed E-state index contributed by atoms with van der Waals surface area (Å²) in [7, 11) is 1.64. The number of hydrogen-bond acceptors (Lipinski definition) is 3. The van der Waals surface area contributed by atoms with Crippen molar-refractivity contribution in [2.75, 3.05) is 20.2 Å². The van der Waals surface area contributed by atoms with Crippen LogP contribution in [0.1, 0.15) is 38.0 Å². The van der Waals surface area contributed by atoms with Gasteiger partial charge < -0.3 is 14.1 Å². The average Bonchev–Trinajstić information content (AvgIpc) is 2.82. The summed E-state index contributed by atoms with van der Waals surface area (Å²) in [6.07, 6.45) is 0. The summed E-state index contributed by atoms with van der Waals surface area (Å²) in [5.41, 5.74) is 1.75. The van der Waals surface area contributed by atoms with Crippen LogP contribution < -0.4 is 4.74 Å². The minimum absolute atomic E-state index is 0.133. The monoisotopic (exact) mass is 289 g/mol. The number of carbonyl (C=O) groups is 1. The molecule has 0 N–H and O–H groups in total. The lowest BCUT2D eigenvalue weighted by Gasteiger charge is -2.23. The molecule has 2 aromatic rings. The second-order valence-corrected chi connectivity index (χ2v) is 5.17. The summed E-state index contributed by atoms with van der Waals surface area (Å²) in [5.74, 6) is 1.48. The lowest BCUT2D eigenvalue weighted by Crippen LogP contribution is -2.34. The Kier molecular flexibility index (Phi) is 4.56. The number of nitrogens with zero attached hydrogens (tertiary/aromatic N) is 1. The van der Waals surface area contributed by atoms with Gasteiger partial charge in [-0.25, -0.2) is 0 Å². The molecule has 0 spiro atoms. The third-order valence-electron chi connectivity index (χ3n) is 4.00. The quantitative estimate of drug-likeness (QED) is 0.842. The van der Waals surface area contributed by atoms with Gasteiger partial charge >= 0.3 is 0 Å². The molecule has 0 saturated heterocycles. The molecule has 1 amide bonds. The van der Waals surface area contributed by atoms with Crippen LogP contribution in [0.25, 0.3) is 11.0 Å². The number of ether oxygens (including phenoxy) is 1. The first-order chi connectivity index (χ1) is 10.0. The second-order valence-electron chi connectivity index (χ2n) is 5.17. The number of benzene rings is 1. The minimum atomic E-state index is -0.224. The third kappa shape index (κ3) is 2.75. The van der Waals surface area contributed by atoms with Crippen molar-refractivity contribution in [2.24, 2.45) is 0 Å². The zero-order valence-corrected chi connectivity index (χ0v) is 13.4. The van der Waals surface area contributed by atoms with Crippen LogP contribution in [0.15, 0.2) is 22.6 Å². The lowest BCUT2D eigenvalue weighted by atomic mass is 9.96. The predicted molar refractivity (Wildman–Crippen MR) is 83.8 cm³/mol. The number of rotatable bonds is 5. The fourth-order valence-corrected chi connectivity index (χ4v) is 2.82. The van der Waals surface area contributed by atoms with Crippen molar-refractivity contribution in [3.8, 4) is 5.75 Å². The number of likely N-dealkylation sites (N-methyl/N-ethyl adjacent to an activating group) is 1. The Balaban J connectivity index is 2.49. The van der Waals surface area contributed by atoms with Crippen LogP contribution in [-0.2, 0) is 4.79 Å². The highest BCUT2D eigenvalue weighted by Gasteiger charge is 2.26. The number of fused-ring (bicyclic) bond motifs is 1. The molecular weight excluding hydrogens is 266 g/mol. The summed E-state index contributed by atoms with van der Waals surface area (Å²) in [6.45, 7) is 9.29. The number of methoxy groups -OCH3 is 1. The summed E-state index contributed by atoms with van der Waals surface area (Å²) in [4.78, 5) is 14.5. The van der Waals surface area contributed by atoms with Gasteiger partial charge in [0, 0.05) is 24.0 Å². The first kappa shape index (κ1) is 15.4. The first-order valence-corrected chi connectivity index (χ1v) is 7.39. The molecule has 21 heavy (non-hydrogen) atoms. The van der Waals surface area contributed by atoms with Gasteiger partial charge in [-0.15, -0.1) is 0 Å². The summed E-state index contributed by atoms with van der Waals surface area (Å²) in [6, 6.07) is 5.69. The summed E-state index contributed by atoms with van der Waals surface area (Å²) in [5, 5.41) is 0.958. The molecular formula is C17H23NO3. The van der Waals surface area contributed by atoms with Gasteiger partial charge in [0.1, 0.15) is 17.1 Å². The standard InChI is InChI=1S/C17H23NO3/c1-6-18(7-2)17(19)11(3)16-12(4)21-15-9-8-13(20-5)10-14(15)16/h8-11H,6-7H2,1-5H3. The van der Waals surface area contributed by atoms with E-state index in [4.69, 9.17) is 9.15 Å². The van der Waals surface area contributed by atoms with E-state index in [1.165, 1.54) is 0 Å². The molecule has 0 aliphatic heterocycles. The van der Waals surface area contributed by atoms with Crippen molar-refractivity contribution in [3.05, 3.63) is 29.5 Å². The normalized spacial score (nSPS) is 12.4. The number of furan rings is 1. The van der Waals surface area contributed by atoms with Gasteiger partial charge in [0.2, 0.25) is 5.91 Å². The van der Waals surface area contributed by atoms with E-state index in [-0.39, 0.29) is 11.8 Å². The van der Waals surface area contributed by atoms with Crippen molar-refractivity contribution in [1.29, 1.82) is 0 Å². The second kappa shape index (κ2) is 6.20. The zero-order chi connectivity index (χ0) is 15.6. The van der Waals surface area contributed by atoms with Gasteiger partial charge in [0.05, 0.1) is 13.0 Å². The van der Waals surface area contributed by atoms with Crippen molar-refractivity contribution >= 4 is 16.9 Å². The predicted octanol–water partition coefficient (Wildman–Crippen LogP) is 3.72. The Morgan fingerprint density at radius 3 is 2.57 bits per heavy atom. The van der Waals surface area contributed by atoms with E-state index in [0.717, 1.165) is 41.1 Å². The van der Waals surface area contributed by atoms with E-state index < -0.39 is 0 Å². The Bertz CT molecular complexity index is 641. The van der Waals surface area contributed by atoms with Gasteiger partial charge in [0.25, 0.3) is 0 Å². The molecule has 2 rings (SSSR count). The Labute approximate surface area is 125 Å². The Hall–Kier alpha value is -1.97. The van der Waals surface area contributed by atoms with Gasteiger partial charge in [-0.3, -0.25) is 4.79 Å². The topological polar surface area (TPSA) is 42.7 Å². The van der Waals surface area contributed by atoms with Gasteiger partial charge in [-0.1, -0.05) is 0 Å². The fourth-order valence-electron chi connectivity index (χ4n) is 2.82. The molecule has 0 radical (unpaired) electrons. The van der Waals surface area contributed by atoms with Crippen LogP contribution in [0.4, 0.5) is 0 Å². The van der Waals surface area contributed by atoms with Crippen molar-refractivity contribution < 1.29 is 13.9 Å². The molecule has 0 bridgehead atoms. The lowest BCUT2D eigenvalue weighted by molar-refractivity contribution is -0.132. The SMILES string of the molecule is CCN(CC)C(=O)C(C)c1c(C)oc2ccc(OC)cc12. The Morgan fingerprint density at radius 2 is 2.00 bits per heavy atom. The van der Waals surface area contributed by atoms with Crippen molar-refractivity contribution in [1.82, 2.24) is 4.90 Å². The third-order valence-corrected chi connectivity index (χ3v) is 4.00. The molecule has 0 aliphatic carbocycles. The molecule has 1 aromatic heterocycles. The fraction of sp³-hybridized carbons (Fsp3) is 0.471. The largest absolute Gasteiger partial charge is 0.497 e. The van der Waals surface area contributed by atoms with Crippen LogP contribution in [0.2, 0.25) is 0 Å². The van der Waals surface area contributed by atoms with E-state index >= 15 is 0 Å². The maximum atomic E-state index is 12.6. The number of amides is 1. The molecule has 4 nitrogen and oxygen atoms in total. The number of hydrogen-bond donors (Lipinski definition) is 0. The highest BCUT2D eigenvalue weighted by Crippen LogP contribution is 2.34. The average molecular weight is 289 g/mol. The maximum Gasteiger partial charge on any atom is 0.229 e. The summed E-state index contributed by atoms with van der Waals surface area (Å²) < 4.78 is 11.1. The molecule has 0 saturated carbocycles. The van der Waals surface area contributed by atoms with Crippen LogP contribution in [0.5, 0.6) is 5.75 Å². The molecule has 0 fully saturated rings. The van der Waals surface area contributed by atoms with Gasteiger partial charge in [-0.05, 0) is 45.9 Å². The van der Waals surface area contributed by atoms with E-state index in [2.05, 4.69) is 0 Å². The van der Waals surface area contributed by atoms with Crippen LogP contribution in [0.3, 0.4) is 0 Å². The van der Waals surface area contributed by atoms with Gasteiger partial charge in [-0.2, -0.15) is 0 Å². The highest BCUT2D eigenvalue weighted by atomic mass is 16.5. The van der Waals surface area contributed by atoms with Crippen LogP contribution >= 0.6 is 0 Å². The maximum absolute atomic E-state index is 12.6. The van der Waals surface area contributed by atoms with E-state index in [1.807, 2.05) is 50.8 Å². The van der Waals surface area contributed by atoms with E-state index in [0.29, 0.717) is 0 Å². The highest BCUT2D eigenvalue weighted by molar-refractivity contribution is 5.92. The van der Waals surface area contributed by atoms with E-state index in [1.54, 1.807) is 7.11 Å². The molecule has 0 aliphatic rings. The molecule has 1 heterocycles. The molecule has 1 unspecified atom stereocenters. The zero-order valence-electron chi connectivity index (χ0n) is 13.4.